The average Bonchev–Trinajstić information content (AvgIpc) is 2.94. The molecule has 5 heteroatoms. The van der Waals surface area contributed by atoms with Gasteiger partial charge in [0, 0.05) is 6.42 Å². The topological polar surface area (TPSA) is 89.8 Å². The summed E-state index contributed by atoms with van der Waals surface area (Å²) in [5.74, 6) is -0.146. The molecule has 234 valence electrons. The van der Waals surface area contributed by atoms with Gasteiger partial charge in [0.1, 0.15) is 6.10 Å². The zero-order chi connectivity index (χ0) is 28.8. The molecular formula is C34H69NO4. The third-order valence-corrected chi connectivity index (χ3v) is 8.21. The Morgan fingerprint density at radius 3 is 1.23 bits per heavy atom. The molecule has 1 amide bonds. The maximum atomic E-state index is 12.3. The molecule has 0 aliphatic rings. The van der Waals surface area contributed by atoms with E-state index in [2.05, 4.69) is 19.2 Å². The lowest BCUT2D eigenvalue weighted by Crippen LogP contribution is -2.50. The average molecular weight is 556 g/mol. The molecule has 0 aromatic heterocycles. The van der Waals surface area contributed by atoms with Crippen LogP contribution in [0.2, 0.25) is 0 Å². The molecular weight excluding hydrogens is 486 g/mol. The summed E-state index contributed by atoms with van der Waals surface area (Å²) in [7, 11) is 0. The van der Waals surface area contributed by atoms with Crippen LogP contribution in [0, 0.1) is 0 Å². The van der Waals surface area contributed by atoms with Gasteiger partial charge in [0.05, 0.1) is 18.8 Å². The van der Waals surface area contributed by atoms with Gasteiger partial charge in [-0.25, -0.2) is 0 Å². The molecule has 3 atom stereocenters. The van der Waals surface area contributed by atoms with E-state index in [1.165, 1.54) is 128 Å². The molecule has 4 N–H and O–H groups in total. The highest BCUT2D eigenvalue weighted by Gasteiger charge is 2.26. The van der Waals surface area contributed by atoms with Gasteiger partial charge in [-0.2, -0.15) is 0 Å². The minimum atomic E-state index is -1.13. The number of rotatable bonds is 31. The van der Waals surface area contributed by atoms with Crippen molar-refractivity contribution in [1.29, 1.82) is 0 Å². The molecule has 5 nitrogen and oxygen atoms in total. The lowest BCUT2D eigenvalue weighted by atomic mass is 9.99. The van der Waals surface area contributed by atoms with E-state index in [4.69, 9.17) is 0 Å². The number of carbonyl (C=O) groups is 1. The summed E-state index contributed by atoms with van der Waals surface area (Å²) in [4.78, 5) is 12.3. The van der Waals surface area contributed by atoms with E-state index in [1.54, 1.807) is 0 Å². The van der Waals surface area contributed by atoms with Crippen molar-refractivity contribution in [3.63, 3.8) is 0 Å². The maximum absolute atomic E-state index is 12.3. The van der Waals surface area contributed by atoms with Crippen molar-refractivity contribution in [1.82, 2.24) is 5.32 Å². The molecule has 39 heavy (non-hydrogen) atoms. The predicted octanol–water partition coefficient (Wildman–Crippen LogP) is 8.76. The van der Waals surface area contributed by atoms with Gasteiger partial charge in [-0.3, -0.25) is 4.79 Å². The summed E-state index contributed by atoms with van der Waals surface area (Å²) < 4.78 is 0. The Hall–Kier alpha value is -0.650. The van der Waals surface area contributed by atoms with E-state index in [1.807, 2.05) is 0 Å². The highest BCUT2D eigenvalue weighted by Crippen LogP contribution is 2.16. The summed E-state index contributed by atoms with van der Waals surface area (Å²) >= 11 is 0. The Morgan fingerprint density at radius 1 is 0.538 bits per heavy atom. The van der Waals surface area contributed by atoms with Crippen LogP contribution >= 0.6 is 0 Å². The Balaban J connectivity index is 3.68. The Bertz CT molecular complexity index is 502. The van der Waals surface area contributed by atoms with Gasteiger partial charge >= 0.3 is 0 Å². The number of aliphatic hydroxyl groups is 3. The van der Waals surface area contributed by atoms with E-state index in [0.29, 0.717) is 12.8 Å². The van der Waals surface area contributed by atoms with Crippen LogP contribution in [0.25, 0.3) is 0 Å². The molecule has 0 rings (SSSR count). The molecule has 0 bridgehead atoms. The Labute approximate surface area is 243 Å². The fourth-order valence-electron chi connectivity index (χ4n) is 5.45. The van der Waals surface area contributed by atoms with Crippen LogP contribution < -0.4 is 5.32 Å². The smallest absolute Gasteiger partial charge is 0.220 e. The van der Waals surface area contributed by atoms with Gasteiger partial charge in [-0.05, 0) is 12.8 Å². The molecule has 0 aromatic rings. The second-order valence-corrected chi connectivity index (χ2v) is 12.1. The SMILES string of the molecule is CCCCCCCCCCCCCCCCCC(O)C(O)C(CO)NC(=O)CCCCCCCCCCCC. The first-order valence-corrected chi connectivity index (χ1v) is 17.3. The lowest BCUT2D eigenvalue weighted by Gasteiger charge is -2.26. The predicted molar refractivity (Wildman–Crippen MR) is 167 cm³/mol. The number of hydrogen-bond donors (Lipinski definition) is 4. The molecule has 0 radical (unpaired) electrons. The van der Waals surface area contributed by atoms with Crippen LogP contribution in [0.5, 0.6) is 0 Å². The zero-order valence-corrected chi connectivity index (χ0v) is 26.3. The van der Waals surface area contributed by atoms with Crippen molar-refractivity contribution >= 4 is 5.91 Å². The van der Waals surface area contributed by atoms with Crippen LogP contribution in [-0.2, 0) is 4.79 Å². The van der Waals surface area contributed by atoms with E-state index < -0.39 is 18.2 Å². The van der Waals surface area contributed by atoms with Crippen molar-refractivity contribution in [3.05, 3.63) is 0 Å². The molecule has 0 aromatic carbocycles. The van der Waals surface area contributed by atoms with Gasteiger partial charge in [-0.15, -0.1) is 0 Å². The number of amides is 1. The van der Waals surface area contributed by atoms with Crippen LogP contribution in [-0.4, -0.2) is 46.1 Å². The summed E-state index contributed by atoms with van der Waals surface area (Å²) in [6.07, 6.45) is 30.5. The molecule has 0 aliphatic heterocycles. The lowest BCUT2D eigenvalue weighted by molar-refractivity contribution is -0.124. The second-order valence-electron chi connectivity index (χ2n) is 12.1. The first-order valence-electron chi connectivity index (χ1n) is 17.3. The number of carbonyl (C=O) groups excluding carboxylic acids is 1. The van der Waals surface area contributed by atoms with Crippen molar-refractivity contribution in [3.8, 4) is 0 Å². The highest BCUT2D eigenvalue weighted by molar-refractivity contribution is 5.76. The molecule has 0 heterocycles. The third kappa shape index (κ3) is 26.0. The van der Waals surface area contributed by atoms with Gasteiger partial charge in [0.25, 0.3) is 0 Å². The number of unbranched alkanes of at least 4 members (excludes halogenated alkanes) is 23. The van der Waals surface area contributed by atoms with Gasteiger partial charge in [0.15, 0.2) is 0 Å². The van der Waals surface area contributed by atoms with Crippen LogP contribution in [0.3, 0.4) is 0 Å². The number of hydrogen-bond acceptors (Lipinski definition) is 4. The van der Waals surface area contributed by atoms with Crippen molar-refractivity contribution in [2.24, 2.45) is 0 Å². The molecule has 0 aliphatic carbocycles. The van der Waals surface area contributed by atoms with Gasteiger partial charge in [-0.1, -0.05) is 168 Å². The standard InChI is InChI=1S/C34H69NO4/c1-3-5-7-9-11-13-15-16-17-18-19-20-22-24-26-28-32(37)34(39)31(30-36)35-33(38)29-27-25-23-21-14-12-10-8-6-4-2/h31-32,34,36-37,39H,3-30H2,1-2H3,(H,35,38). The van der Waals surface area contributed by atoms with Crippen molar-refractivity contribution < 1.29 is 20.1 Å². The summed E-state index contributed by atoms with van der Waals surface area (Å²) in [5.41, 5.74) is 0. The first kappa shape index (κ1) is 38.4. The van der Waals surface area contributed by atoms with Gasteiger partial charge in [0.2, 0.25) is 5.91 Å². The minimum Gasteiger partial charge on any atom is -0.394 e. The zero-order valence-electron chi connectivity index (χ0n) is 26.3. The Morgan fingerprint density at radius 2 is 0.872 bits per heavy atom. The maximum Gasteiger partial charge on any atom is 0.220 e. The minimum absolute atomic E-state index is 0.146. The summed E-state index contributed by atoms with van der Waals surface area (Å²) in [5, 5.41) is 33.2. The normalized spacial score (nSPS) is 13.9. The van der Waals surface area contributed by atoms with E-state index >= 15 is 0 Å². The van der Waals surface area contributed by atoms with Crippen LogP contribution in [0.4, 0.5) is 0 Å². The quantitative estimate of drug-likeness (QED) is 0.0644. The molecule has 0 fully saturated rings. The first-order chi connectivity index (χ1) is 19.1. The summed E-state index contributed by atoms with van der Waals surface area (Å²) in [6, 6.07) is -0.799. The van der Waals surface area contributed by atoms with E-state index in [9.17, 15) is 20.1 Å². The van der Waals surface area contributed by atoms with E-state index in [-0.39, 0.29) is 12.5 Å². The fraction of sp³-hybridized carbons (Fsp3) is 0.971. The molecule has 0 saturated heterocycles. The summed E-state index contributed by atoms with van der Waals surface area (Å²) in [6.45, 7) is 4.15. The second kappa shape index (κ2) is 30.3. The van der Waals surface area contributed by atoms with Gasteiger partial charge < -0.3 is 20.6 Å². The molecule has 0 saturated carbocycles. The van der Waals surface area contributed by atoms with Crippen molar-refractivity contribution in [2.75, 3.05) is 6.61 Å². The number of aliphatic hydroxyl groups excluding tert-OH is 3. The number of nitrogens with one attached hydrogen (secondary N) is 1. The van der Waals surface area contributed by atoms with Crippen molar-refractivity contribution in [2.45, 2.75) is 205 Å². The highest BCUT2D eigenvalue weighted by atomic mass is 16.3. The fourth-order valence-corrected chi connectivity index (χ4v) is 5.45. The Kier molecular flexibility index (Phi) is 29.8. The van der Waals surface area contributed by atoms with E-state index in [0.717, 1.165) is 32.1 Å². The third-order valence-electron chi connectivity index (χ3n) is 8.21. The van der Waals surface area contributed by atoms with Crippen LogP contribution in [0.15, 0.2) is 0 Å². The van der Waals surface area contributed by atoms with Crippen LogP contribution in [0.1, 0.15) is 187 Å². The molecule has 3 unspecified atom stereocenters. The molecule has 0 spiro atoms. The monoisotopic (exact) mass is 556 g/mol. The largest absolute Gasteiger partial charge is 0.394 e.